The Hall–Kier alpha value is -0.133. The van der Waals surface area contributed by atoms with Gasteiger partial charge in [0.1, 0.15) is 0 Å². The van der Waals surface area contributed by atoms with Crippen molar-refractivity contribution in [1.82, 2.24) is 0 Å². The Morgan fingerprint density at radius 3 is 2.13 bits per heavy atom. The molecule has 3 heteroatoms. The van der Waals surface area contributed by atoms with Crippen molar-refractivity contribution in [1.29, 1.82) is 0 Å². The van der Waals surface area contributed by atoms with Gasteiger partial charge in [-0.15, -0.1) is 0 Å². The van der Waals surface area contributed by atoms with Crippen LogP contribution in [0.2, 0.25) is 19.6 Å². The maximum atomic E-state index is 9.47. The SMILES string of the molecule is C[Si](C)(C)/C(I)=C(/CO)c1ccccc1. The summed E-state index contributed by atoms with van der Waals surface area (Å²) in [6.07, 6.45) is 0. The summed E-state index contributed by atoms with van der Waals surface area (Å²) in [6, 6.07) is 10.1. The molecule has 82 valence electrons. The zero-order valence-electron chi connectivity index (χ0n) is 9.42. The summed E-state index contributed by atoms with van der Waals surface area (Å²) in [5.41, 5.74) is 2.24. The normalized spacial score (nSPS) is 13.7. The summed E-state index contributed by atoms with van der Waals surface area (Å²) in [4.78, 5) is 0. The van der Waals surface area contributed by atoms with E-state index in [1.54, 1.807) is 0 Å². The molecule has 1 N–H and O–H groups in total. The van der Waals surface area contributed by atoms with Crippen LogP contribution >= 0.6 is 22.6 Å². The predicted octanol–water partition coefficient (Wildman–Crippen LogP) is 3.70. The molecule has 1 rings (SSSR count). The highest BCUT2D eigenvalue weighted by atomic mass is 127. The first-order valence-electron chi connectivity index (χ1n) is 5.02. The van der Waals surface area contributed by atoms with Crippen LogP contribution in [0.5, 0.6) is 0 Å². The standard InChI is InChI=1S/C12H17IOSi/c1-15(2,3)12(13)11(9-14)10-7-5-4-6-8-10/h4-8,14H,9H2,1-3H3/b12-11-. The molecule has 0 aliphatic rings. The van der Waals surface area contributed by atoms with Crippen LogP contribution in [0.3, 0.4) is 0 Å². The van der Waals surface area contributed by atoms with Crippen LogP contribution in [-0.4, -0.2) is 19.8 Å². The Balaban J connectivity index is 3.20. The molecule has 0 unspecified atom stereocenters. The Bertz CT molecular complexity index is 352. The maximum Gasteiger partial charge on any atom is 0.0859 e. The summed E-state index contributed by atoms with van der Waals surface area (Å²) < 4.78 is 1.36. The van der Waals surface area contributed by atoms with Gasteiger partial charge < -0.3 is 5.11 Å². The number of aliphatic hydroxyl groups excluding tert-OH is 1. The second-order valence-corrected chi connectivity index (χ2v) is 11.7. The van der Waals surface area contributed by atoms with E-state index < -0.39 is 8.07 Å². The van der Waals surface area contributed by atoms with Gasteiger partial charge in [-0.1, -0.05) is 72.6 Å². The van der Waals surface area contributed by atoms with Crippen LogP contribution in [0.4, 0.5) is 0 Å². The monoisotopic (exact) mass is 332 g/mol. The number of halogens is 1. The third kappa shape index (κ3) is 3.43. The minimum atomic E-state index is -1.32. The number of hydrogen-bond acceptors (Lipinski definition) is 1. The van der Waals surface area contributed by atoms with Crippen LogP contribution < -0.4 is 0 Å². The quantitative estimate of drug-likeness (QED) is 0.661. The van der Waals surface area contributed by atoms with E-state index in [0.29, 0.717) is 0 Å². The van der Waals surface area contributed by atoms with Crippen molar-refractivity contribution < 1.29 is 5.11 Å². The molecule has 0 aromatic heterocycles. The largest absolute Gasteiger partial charge is 0.392 e. The highest BCUT2D eigenvalue weighted by Crippen LogP contribution is 2.30. The van der Waals surface area contributed by atoms with E-state index >= 15 is 0 Å². The van der Waals surface area contributed by atoms with Gasteiger partial charge in [0.05, 0.1) is 14.7 Å². The van der Waals surface area contributed by atoms with Crippen LogP contribution in [0.15, 0.2) is 33.5 Å². The molecule has 0 spiro atoms. The average Bonchev–Trinajstić information content (AvgIpc) is 2.19. The highest BCUT2D eigenvalue weighted by molar-refractivity contribution is 14.1. The van der Waals surface area contributed by atoms with E-state index in [-0.39, 0.29) is 6.61 Å². The molecular formula is C12H17IOSi. The fraction of sp³-hybridized carbons (Fsp3) is 0.333. The van der Waals surface area contributed by atoms with E-state index in [9.17, 15) is 5.11 Å². The zero-order valence-corrected chi connectivity index (χ0v) is 12.6. The first kappa shape index (κ1) is 12.9. The van der Waals surface area contributed by atoms with Crippen molar-refractivity contribution in [3.63, 3.8) is 0 Å². The van der Waals surface area contributed by atoms with Crippen LogP contribution in [-0.2, 0) is 0 Å². The number of rotatable bonds is 3. The van der Waals surface area contributed by atoms with E-state index in [0.717, 1.165) is 11.1 Å². The Morgan fingerprint density at radius 1 is 1.20 bits per heavy atom. The van der Waals surface area contributed by atoms with Gasteiger partial charge in [0.2, 0.25) is 0 Å². The molecule has 0 fully saturated rings. The molecule has 1 aromatic carbocycles. The molecule has 15 heavy (non-hydrogen) atoms. The number of benzene rings is 1. The molecule has 1 aromatic rings. The molecule has 0 bridgehead atoms. The minimum Gasteiger partial charge on any atom is -0.392 e. The summed E-state index contributed by atoms with van der Waals surface area (Å²) in [5.74, 6) is 0. The van der Waals surface area contributed by atoms with Gasteiger partial charge in [-0.05, 0) is 14.3 Å². The zero-order chi connectivity index (χ0) is 11.5. The van der Waals surface area contributed by atoms with Gasteiger partial charge in [0.15, 0.2) is 0 Å². The topological polar surface area (TPSA) is 20.2 Å². The molecule has 0 radical (unpaired) electrons. The molecule has 0 aliphatic carbocycles. The van der Waals surface area contributed by atoms with Crippen molar-refractivity contribution >= 4 is 36.2 Å². The Labute approximate surface area is 106 Å². The lowest BCUT2D eigenvalue weighted by Gasteiger charge is -2.19. The third-order valence-corrected chi connectivity index (χ3v) is 9.33. The lowest BCUT2D eigenvalue weighted by atomic mass is 10.1. The van der Waals surface area contributed by atoms with Crippen LogP contribution in [0, 0.1) is 0 Å². The van der Waals surface area contributed by atoms with Gasteiger partial charge in [0.25, 0.3) is 0 Å². The minimum absolute atomic E-state index is 0.132. The van der Waals surface area contributed by atoms with Crippen molar-refractivity contribution in [2.24, 2.45) is 0 Å². The van der Waals surface area contributed by atoms with Crippen LogP contribution in [0.25, 0.3) is 5.57 Å². The van der Waals surface area contributed by atoms with Gasteiger partial charge >= 0.3 is 0 Å². The number of aliphatic hydroxyl groups is 1. The summed E-state index contributed by atoms with van der Waals surface area (Å²) in [5, 5.41) is 9.47. The Morgan fingerprint density at radius 2 is 1.73 bits per heavy atom. The van der Waals surface area contributed by atoms with Crippen molar-refractivity contribution in [3.05, 3.63) is 39.1 Å². The summed E-state index contributed by atoms with van der Waals surface area (Å²) in [6.45, 7) is 7.03. The predicted molar refractivity (Wildman–Crippen MR) is 77.8 cm³/mol. The fourth-order valence-electron chi connectivity index (χ4n) is 1.38. The maximum absolute atomic E-state index is 9.47. The smallest absolute Gasteiger partial charge is 0.0859 e. The first-order chi connectivity index (χ1) is 6.96. The molecule has 0 aliphatic heterocycles. The molecule has 0 saturated carbocycles. The van der Waals surface area contributed by atoms with Crippen molar-refractivity contribution in [3.8, 4) is 0 Å². The van der Waals surface area contributed by atoms with Gasteiger partial charge in [-0.2, -0.15) is 0 Å². The summed E-state index contributed by atoms with van der Waals surface area (Å²) in [7, 11) is -1.32. The summed E-state index contributed by atoms with van der Waals surface area (Å²) >= 11 is 2.40. The molecule has 0 amide bonds. The van der Waals surface area contributed by atoms with Gasteiger partial charge in [-0.25, -0.2) is 0 Å². The van der Waals surface area contributed by atoms with E-state index in [1.165, 1.54) is 3.20 Å². The number of hydrogen-bond donors (Lipinski definition) is 1. The van der Waals surface area contributed by atoms with E-state index in [1.807, 2.05) is 18.2 Å². The first-order valence-corrected chi connectivity index (χ1v) is 9.60. The van der Waals surface area contributed by atoms with Crippen LogP contribution in [0.1, 0.15) is 5.56 Å². The van der Waals surface area contributed by atoms with Crippen molar-refractivity contribution in [2.75, 3.05) is 6.61 Å². The second kappa shape index (κ2) is 5.27. The lowest BCUT2D eigenvalue weighted by molar-refractivity contribution is 0.350. The molecule has 1 nitrogen and oxygen atoms in total. The second-order valence-electron chi connectivity index (χ2n) is 4.57. The molecule has 0 atom stereocenters. The Kier molecular flexibility index (Phi) is 4.55. The fourth-order valence-corrected chi connectivity index (χ4v) is 2.99. The highest BCUT2D eigenvalue weighted by Gasteiger charge is 2.21. The van der Waals surface area contributed by atoms with Gasteiger partial charge in [0, 0.05) is 0 Å². The molecule has 0 heterocycles. The molecule has 0 saturated heterocycles. The van der Waals surface area contributed by atoms with E-state index in [4.69, 9.17) is 0 Å². The molecular weight excluding hydrogens is 315 g/mol. The average molecular weight is 332 g/mol. The van der Waals surface area contributed by atoms with E-state index in [2.05, 4.69) is 54.4 Å². The lowest BCUT2D eigenvalue weighted by Crippen LogP contribution is -2.22. The van der Waals surface area contributed by atoms with Crippen molar-refractivity contribution in [2.45, 2.75) is 19.6 Å². The van der Waals surface area contributed by atoms with Gasteiger partial charge in [-0.3, -0.25) is 0 Å². The third-order valence-electron chi connectivity index (χ3n) is 2.20.